The summed E-state index contributed by atoms with van der Waals surface area (Å²) in [6, 6.07) is 0. The topological polar surface area (TPSA) is 12.0 Å². The lowest BCUT2D eigenvalue weighted by Gasteiger charge is -2.04. The molecular formula is C16H36ClN. The van der Waals surface area contributed by atoms with Crippen molar-refractivity contribution in [1.29, 1.82) is 0 Å². The highest BCUT2D eigenvalue weighted by Crippen LogP contribution is 2.05. The molecule has 0 saturated heterocycles. The highest BCUT2D eigenvalue weighted by Gasteiger charge is 1.92. The Balaban J connectivity index is 0. The summed E-state index contributed by atoms with van der Waals surface area (Å²) in [4.78, 5) is 0. The normalized spacial score (nSPS) is 10.3. The lowest BCUT2D eigenvalue weighted by Crippen LogP contribution is -2.16. The average Bonchev–Trinajstić information content (AvgIpc) is 2.35. The van der Waals surface area contributed by atoms with Crippen molar-refractivity contribution in [3.05, 3.63) is 0 Å². The predicted octanol–water partition coefficient (Wildman–Crippen LogP) is 5.72. The summed E-state index contributed by atoms with van der Waals surface area (Å²) in [5.74, 6) is 0. The van der Waals surface area contributed by atoms with E-state index in [9.17, 15) is 0 Å². The molecule has 0 unspecified atom stereocenters. The van der Waals surface area contributed by atoms with Crippen molar-refractivity contribution in [1.82, 2.24) is 5.32 Å². The van der Waals surface area contributed by atoms with Gasteiger partial charge in [-0.05, 0) is 25.9 Å². The van der Waals surface area contributed by atoms with Crippen LogP contribution in [0.25, 0.3) is 0 Å². The van der Waals surface area contributed by atoms with Crippen LogP contribution in [0.1, 0.15) is 90.9 Å². The zero-order valence-corrected chi connectivity index (χ0v) is 13.6. The van der Waals surface area contributed by atoms with Gasteiger partial charge in [0.05, 0.1) is 0 Å². The molecule has 0 rings (SSSR count). The van der Waals surface area contributed by atoms with Crippen molar-refractivity contribution in [2.45, 2.75) is 90.9 Å². The number of rotatable bonds is 14. The van der Waals surface area contributed by atoms with Crippen LogP contribution in [0.2, 0.25) is 0 Å². The largest absolute Gasteiger partial charge is 0.317 e. The molecule has 0 atom stereocenters. The molecule has 0 bridgehead atoms. The Bertz CT molecular complexity index is 114. The zero-order chi connectivity index (χ0) is 12.6. The fraction of sp³-hybridized carbons (Fsp3) is 1.00. The van der Waals surface area contributed by atoms with Gasteiger partial charge in [0.25, 0.3) is 0 Å². The Hall–Kier alpha value is 0.250. The maximum absolute atomic E-state index is 3.57. The fourth-order valence-electron chi connectivity index (χ4n) is 2.19. The molecule has 0 aliphatic carbocycles. The van der Waals surface area contributed by atoms with E-state index in [2.05, 4.69) is 19.2 Å². The maximum atomic E-state index is 3.57. The molecular weight excluding hydrogens is 242 g/mol. The monoisotopic (exact) mass is 277 g/mol. The molecule has 0 saturated carbocycles. The van der Waals surface area contributed by atoms with Crippen molar-refractivity contribution in [2.24, 2.45) is 0 Å². The first kappa shape index (κ1) is 20.6. The molecule has 0 radical (unpaired) electrons. The van der Waals surface area contributed by atoms with E-state index in [0.717, 1.165) is 0 Å². The van der Waals surface area contributed by atoms with Gasteiger partial charge in [-0.3, -0.25) is 0 Å². The Morgan fingerprint density at radius 3 is 1.22 bits per heavy atom. The summed E-state index contributed by atoms with van der Waals surface area (Å²) >= 11 is 0. The highest BCUT2D eigenvalue weighted by atomic mass is 35.5. The minimum Gasteiger partial charge on any atom is -0.317 e. The summed E-state index contributed by atoms with van der Waals surface area (Å²) in [5.41, 5.74) is 0. The third kappa shape index (κ3) is 18.6. The molecule has 0 aromatic heterocycles. The lowest BCUT2D eigenvalue weighted by molar-refractivity contribution is 0.543. The van der Waals surface area contributed by atoms with Crippen LogP contribution in [0.3, 0.4) is 0 Å². The molecule has 18 heavy (non-hydrogen) atoms. The van der Waals surface area contributed by atoms with Gasteiger partial charge >= 0.3 is 0 Å². The second-order valence-corrected chi connectivity index (χ2v) is 5.29. The van der Waals surface area contributed by atoms with E-state index in [1.807, 2.05) is 0 Å². The van der Waals surface area contributed by atoms with E-state index in [1.54, 1.807) is 0 Å². The molecule has 0 aromatic rings. The van der Waals surface area contributed by atoms with Crippen LogP contribution in [0.4, 0.5) is 0 Å². The third-order valence-electron chi connectivity index (χ3n) is 3.41. The van der Waals surface area contributed by atoms with E-state index < -0.39 is 0 Å². The van der Waals surface area contributed by atoms with Gasteiger partial charge in [-0.2, -0.15) is 0 Å². The minimum atomic E-state index is 0. The maximum Gasteiger partial charge on any atom is -0.00489 e. The summed E-state index contributed by atoms with van der Waals surface area (Å²) in [6.07, 6.45) is 16.9. The molecule has 0 amide bonds. The molecule has 0 spiro atoms. The second kappa shape index (κ2) is 19.6. The van der Waals surface area contributed by atoms with Crippen LogP contribution in [0.5, 0.6) is 0 Å². The standard InChI is InChI=1S/C16H35N.ClH/c1-3-5-7-9-11-13-15-17-16-14-12-10-8-6-4-2;/h17H,3-16H2,1-2H3;1H. The summed E-state index contributed by atoms with van der Waals surface area (Å²) < 4.78 is 0. The fourth-order valence-corrected chi connectivity index (χ4v) is 2.19. The Morgan fingerprint density at radius 1 is 0.500 bits per heavy atom. The Morgan fingerprint density at radius 2 is 0.833 bits per heavy atom. The SMILES string of the molecule is CCCCCCCCNCCCCCCCC.Cl. The van der Waals surface area contributed by atoms with Gasteiger partial charge in [0.15, 0.2) is 0 Å². The van der Waals surface area contributed by atoms with Gasteiger partial charge < -0.3 is 5.32 Å². The number of halogens is 1. The van der Waals surface area contributed by atoms with Gasteiger partial charge in [0.2, 0.25) is 0 Å². The van der Waals surface area contributed by atoms with E-state index >= 15 is 0 Å². The number of unbranched alkanes of at least 4 members (excludes halogenated alkanes) is 10. The zero-order valence-electron chi connectivity index (χ0n) is 12.8. The van der Waals surface area contributed by atoms with Gasteiger partial charge in [-0.25, -0.2) is 0 Å². The van der Waals surface area contributed by atoms with Crippen molar-refractivity contribution in [2.75, 3.05) is 13.1 Å². The first-order chi connectivity index (χ1) is 8.41. The van der Waals surface area contributed by atoms with E-state index in [-0.39, 0.29) is 12.4 Å². The molecule has 0 heterocycles. The highest BCUT2D eigenvalue weighted by molar-refractivity contribution is 5.85. The number of nitrogens with one attached hydrogen (secondary N) is 1. The average molecular weight is 278 g/mol. The lowest BCUT2D eigenvalue weighted by atomic mass is 10.1. The Labute approximate surface area is 122 Å². The smallest absolute Gasteiger partial charge is 0.00489 e. The first-order valence-corrected chi connectivity index (χ1v) is 8.12. The number of hydrogen-bond donors (Lipinski definition) is 1. The first-order valence-electron chi connectivity index (χ1n) is 8.12. The van der Waals surface area contributed by atoms with Gasteiger partial charge in [-0.1, -0.05) is 78.1 Å². The van der Waals surface area contributed by atoms with Crippen molar-refractivity contribution in [3.63, 3.8) is 0 Å². The van der Waals surface area contributed by atoms with E-state index in [4.69, 9.17) is 0 Å². The van der Waals surface area contributed by atoms with E-state index in [0.29, 0.717) is 0 Å². The molecule has 0 aromatic carbocycles. The molecule has 1 N–H and O–H groups in total. The minimum absolute atomic E-state index is 0. The molecule has 0 aliphatic rings. The van der Waals surface area contributed by atoms with Crippen LogP contribution in [-0.2, 0) is 0 Å². The van der Waals surface area contributed by atoms with Gasteiger partial charge in [0.1, 0.15) is 0 Å². The van der Waals surface area contributed by atoms with Crippen LogP contribution in [0.15, 0.2) is 0 Å². The van der Waals surface area contributed by atoms with Crippen molar-refractivity contribution in [3.8, 4) is 0 Å². The van der Waals surface area contributed by atoms with Crippen molar-refractivity contribution >= 4 is 12.4 Å². The molecule has 0 fully saturated rings. The molecule has 112 valence electrons. The van der Waals surface area contributed by atoms with Crippen LogP contribution >= 0.6 is 12.4 Å². The van der Waals surface area contributed by atoms with Crippen molar-refractivity contribution < 1.29 is 0 Å². The molecule has 1 nitrogen and oxygen atoms in total. The molecule has 2 heteroatoms. The summed E-state index contributed by atoms with van der Waals surface area (Å²) in [5, 5.41) is 3.57. The van der Waals surface area contributed by atoms with E-state index in [1.165, 1.54) is 90.1 Å². The van der Waals surface area contributed by atoms with Crippen LogP contribution in [-0.4, -0.2) is 13.1 Å². The van der Waals surface area contributed by atoms with Gasteiger partial charge in [-0.15, -0.1) is 12.4 Å². The third-order valence-corrected chi connectivity index (χ3v) is 3.41. The summed E-state index contributed by atoms with van der Waals surface area (Å²) in [7, 11) is 0. The molecule has 0 aliphatic heterocycles. The number of hydrogen-bond acceptors (Lipinski definition) is 1. The Kier molecular flexibility index (Phi) is 22.4. The summed E-state index contributed by atoms with van der Waals surface area (Å²) in [6.45, 7) is 7.03. The van der Waals surface area contributed by atoms with Crippen LogP contribution in [0, 0.1) is 0 Å². The second-order valence-electron chi connectivity index (χ2n) is 5.29. The predicted molar refractivity (Wildman–Crippen MR) is 86.9 cm³/mol. The quantitative estimate of drug-likeness (QED) is 0.401. The van der Waals surface area contributed by atoms with Crippen LogP contribution < -0.4 is 5.32 Å². The van der Waals surface area contributed by atoms with Gasteiger partial charge in [0, 0.05) is 0 Å².